The molecule has 1 atom stereocenters. The summed E-state index contributed by atoms with van der Waals surface area (Å²) in [6.45, 7) is 2.67. The molecule has 138 valence electrons. The summed E-state index contributed by atoms with van der Waals surface area (Å²) in [6, 6.07) is 5.62. The Labute approximate surface area is 151 Å². The lowest BCUT2D eigenvalue weighted by atomic mass is 9.95. The molecule has 8 heteroatoms. The maximum atomic E-state index is 12.8. The number of hydrogen-bond donors (Lipinski definition) is 2. The van der Waals surface area contributed by atoms with Crippen molar-refractivity contribution in [1.29, 1.82) is 0 Å². The van der Waals surface area contributed by atoms with Gasteiger partial charge in [0.05, 0.1) is 19.2 Å². The number of ether oxygens (including phenoxy) is 2. The van der Waals surface area contributed by atoms with Gasteiger partial charge in [-0.1, -0.05) is 12.1 Å². The molecular weight excluding hydrogens is 336 g/mol. The highest BCUT2D eigenvalue weighted by atomic mass is 16.5. The molecular formula is C18H22N4O4. The average molecular weight is 358 g/mol. The molecule has 2 N–H and O–H groups in total. The second-order valence-corrected chi connectivity index (χ2v) is 5.95. The van der Waals surface area contributed by atoms with E-state index in [2.05, 4.69) is 15.7 Å². The zero-order chi connectivity index (χ0) is 18.7. The number of aromatic nitrogens is 2. The van der Waals surface area contributed by atoms with Crippen molar-refractivity contribution in [3.8, 4) is 11.5 Å². The van der Waals surface area contributed by atoms with Gasteiger partial charge >= 0.3 is 0 Å². The summed E-state index contributed by atoms with van der Waals surface area (Å²) in [5, 5.41) is 9.55. The molecule has 0 saturated heterocycles. The van der Waals surface area contributed by atoms with Gasteiger partial charge in [-0.05, 0) is 25.0 Å². The van der Waals surface area contributed by atoms with Crippen LogP contribution in [0.1, 0.15) is 22.8 Å². The highest BCUT2D eigenvalue weighted by Gasteiger charge is 2.29. The molecule has 1 aliphatic heterocycles. The lowest BCUT2D eigenvalue weighted by Gasteiger charge is -2.26. The van der Waals surface area contributed by atoms with Gasteiger partial charge in [0.15, 0.2) is 11.5 Å². The maximum Gasteiger partial charge on any atom is 0.256 e. The summed E-state index contributed by atoms with van der Waals surface area (Å²) in [6.07, 6.45) is 1.99. The number of fused-ring (bicyclic) bond motifs is 1. The van der Waals surface area contributed by atoms with Crippen molar-refractivity contribution in [3.63, 3.8) is 0 Å². The highest BCUT2D eigenvalue weighted by Crippen LogP contribution is 2.36. The molecule has 0 aliphatic carbocycles. The van der Waals surface area contributed by atoms with E-state index >= 15 is 0 Å². The molecule has 0 fully saturated rings. The monoisotopic (exact) mass is 358 g/mol. The number of hydrogen-bond acceptors (Lipinski definition) is 5. The second kappa shape index (κ2) is 7.47. The maximum absolute atomic E-state index is 12.8. The largest absolute Gasteiger partial charge is 0.493 e. The SMILES string of the molecule is CCn1ncc(C(=O)NC)c1NC(=O)C1COc2c(cccc2OC)C1. The van der Waals surface area contributed by atoms with Gasteiger partial charge in [-0.25, -0.2) is 4.68 Å². The first-order valence-electron chi connectivity index (χ1n) is 8.46. The molecule has 0 radical (unpaired) electrons. The molecule has 26 heavy (non-hydrogen) atoms. The fraction of sp³-hybridized carbons (Fsp3) is 0.389. The minimum atomic E-state index is -0.368. The van der Waals surface area contributed by atoms with E-state index in [0.717, 1.165) is 5.56 Å². The predicted molar refractivity (Wildman–Crippen MR) is 95.6 cm³/mol. The predicted octanol–water partition coefficient (Wildman–Crippen LogP) is 1.46. The van der Waals surface area contributed by atoms with E-state index in [1.165, 1.54) is 13.2 Å². The molecule has 0 bridgehead atoms. The van der Waals surface area contributed by atoms with E-state index in [9.17, 15) is 9.59 Å². The Morgan fingerprint density at radius 3 is 2.92 bits per heavy atom. The number of carbonyl (C=O) groups is 2. The van der Waals surface area contributed by atoms with Gasteiger partial charge in [0.2, 0.25) is 5.91 Å². The highest BCUT2D eigenvalue weighted by molar-refractivity contribution is 6.03. The van der Waals surface area contributed by atoms with Crippen LogP contribution in [-0.4, -0.2) is 42.4 Å². The minimum Gasteiger partial charge on any atom is -0.493 e. The van der Waals surface area contributed by atoms with Crippen molar-refractivity contribution in [1.82, 2.24) is 15.1 Å². The zero-order valence-electron chi connectivity index (χ0n) is 15.0. The van der Waals surface area contributed by atoms with Gasteiger partial charge in [-0.15, -0.1) is 0 Å². The lowest BCUT2D eigenvalue weighted by molar-refractivity contribution is -0.121. The molecule has 3 rings (SSSR count). The molecule has 2 amide bonds. The van der Waals surface area contributed by atoms with Gasteiger partial charge in [0.1, 0.15) is 18.0 Å². The molecule has 2 heterocycles. The molecule has 0 saturated carbocycles. The first-order valence-corrected chi connectivity index (χ1v) is 8.46. The Bertz CT molecular complexity index is 831. The summed E-state index contributed by atoms with van der Waals surface area (Å²) in [5.74, 6) is 0.866. The van der Waals surface area contributed by atoms with Crippen molar-refractivity contribution in [2.24, 2.45) is 5.92 Å². The van der Waals surface area contributed by atoms with Crippen LogP contribution < -0.4 is 20.1 Å². The Kier molecular flexibility index (Phi) is 5.11. The number of carbonyl (C=O) groups excluding carboxylic acids is 2. The van der Waals surface area contributed by atoms with E-state index in [4.69, 9.17) is 9.47 Å². The molecule has 1 unspecified atom stereocenters. The number of aryl methyl sites for hydroxylation is 1. The van der Waals surface area contributed by atoms with Crippen molar-refractivity contribution in [2.75, 3.05) is 26.1 Å². The topological polar surface area (TPSA) is 94.5 Å². The van der Waals surface area contributed by atoms with Crippen molar-refractivity contribution in [2.45, 2.75) is 19.9 Å². The number of anilines is 1. The summed E-state index contributed by atoms with van der Waals surface area (Å²) in [5.41, 5.74) is 1.26. The second-order valence-electron chi connectivity index (χ2n) is 5.95. The van der Waals surface area contributed by atoms with Crippen LogP contribution in [0.25, 0.3) is 0 Å². The Hall–Kier alpha value is -3.03. The van der Waals surface area contributed by atoms with Gasteiger partial charge in [0.25, 0.3) is 5.91 Å². The van der Waals surface area contributed by atoms with E-state index in [1.807, 2.05) is 25.1 Å². The fourth-order valence-corrected chi connectivity index (χ4v) is 3.00. The Morgan fingerprint density at radius 2 is 2.23 bits per heavy atom. The Balaban J connectivity index is 1.79. The third-order valence-corrected chi connectivity index (χ3v) is 4.40. The number of nitrogens with zero attached hydrogens (tertiary/aromatic N) is 2. The van der Waals surface area contributed by atoms with Gasteiger partial charge in [-0.3, -0.25) is 9.59 Å². The molecule has 1 aliphatic rings. The van der Waals surface area contributed by atoms with Crippen molar-refractivity contribution < 1.29 is 19.1 Å². The summed E-state index contributed by atoms with van der Waals surface area (Å²) in [4.78, 5) is 24.8. The normalized spacial score (nSPS) is 15.6. The number of para-hydroxylation sites is 1. The van der Waals surface area contributed by atoms with Crippen LogP contribution in [0.2, 0.25) is 0 Å². The smallest absolute Gasteiger partial charge is 0.256 e. The number of amides is 2. The van der Waals surface area contributed by atoms with E-state index in [1.54, 1.807) is 11.8 Å². The number of methoxy groups -OCH3 is 1. The third-order valence-electron chi connectivity index (χ3n) is 4.40. The first kappa shape index (κ1) is 17.8. The van der Waals surface area contributed by atoms with Crippen LogP contribution in [0.4, 0.5) is 5.82 Å². The van der Waals surface area contributed by atoms with Crippen LogP contribution in [-0.2, 0) is 17.8 Å². The fourth-order valence-electron chi connectivity index (χ4n) is 3.00. The molecule has 0 spiro atoms. The standard InChI is InChI=1S/C18H22N4O4/c1-4-22-16(13(9-20-22)18(24)19-2)21-17(23)12-8-11-6-5-7-14(25-3)15(11)26-10-12/h5-7,9,12H,4,8,10H2,1-3H3,(H,19,24)(H,21,23). The molecule has 2 aromatic rings. The molecule has 8 nitrogen and oxygen atoms in total. The molecule has 1 aromatic carbocycles. The quantitative estimate of drug-likeness (QED) is 0.844. The summed E-state index contributed by atoms with van der Waals surface area (Å²) in [7, 11) is 3.13. The Morgan fingerprint density at radius 1 is 1.42 bits per heavy atom. The summed E-state index contributed by atoms with van der Waals surface area (Å²) >= 11 is 0. The van der Waals surface area contributed by atoms with Crippen LogP contribution in [0.3, 0.4) is 0 Å². The lowest BCUT2D eigenvalue weighted by Crippen LogP contribution is -2.34. The average Bonchev–Trinajstić information content (AvgIpc) is 3.08. The number of nitrogens with one attached hydrogen (secondary N) is 2. The van der Waals surface area contributed by atoms with E-state index in [-0.39, 0.29) is 24.3 Å². The van der Waals surface area contributed by atoms with Crippen LogP contribution in [0.5, 0.6) is 11.5 Å². The summed E-state index contributed by atoms with van der Waals surface area (Å²) < 4.78 is 12.6. The van der Waals surface area contributed by atoms with Gasteiger partial charge in [0, 0.05) is 13.6 Å². The van der Waals surface area contributed by atoms with Gasteiger partial charge in [-0.2, -0.15) is 5.10 Å². The van der Waals surface area contributed by atoms with Gasteiger partial charge < -0.3 is 20.1 Å². The van der Waals surface area contributed by atoms with Crippen molar-refractivity contribution in [3.05, 3.63) is 35.5 Å². The third kappa shape index (κ3) is 3.22. The van der Waals surface area contributed by atoms with Crippen LogP contribution in [0.15, 0.2) is 24.4 Å². The van der Waals surface area contributed by atoms with Crippen molar-refractivity contribution >= 4 is 17.6 Å². The van der Waals surface area contributed by atoms with E-state index in [0.29, 0.717) is 35.8 Å². The minimum absolute atomic E-state index is 0.209. The zero-order valence-corrected chi connectivity index (χ0v) is 15.0. The van der Waals surface area contributed by atoms with E-state index < -0.39 is 0 Å². The number of benzene rings is 1. The number of rotatable bonds is 5. The first-order chi connectivity index (χ1) is 12.6. The van der Waals surface area contributed by atoms with Crippen LogP contribution >= 0.6 is 0 Å². The van der Waals surface area contributed by atoms with Crippen LogP contribution in [0, 0.1) is 5.92 Å². The molecule has 1 aromatic heterocycles.